The Kier molecular flexibility index (Phi) is 6.65. The Bertz CT molecular complexity index is 1080. The molecule has 2 aromatic rings. The molecule has 2 N–H and O–H groups in total. The van der Waals surface area contributed by atoms with Crippen molar-refractivity contribution in [1.82, 2.24) is 15.5 Å². The van der Waals surface area contributed by atoms with E-state index in [-0.39, 0.29) is 5.82 Å². The van der Waals surface area contributed by atoms with Crippen LogP contribution in [-0.2, 0) is 9.53 Å². The Balaban J connectivity index is 1.54. The number of carbonyl (C=O) groups is 2. The van der Waals surface area contributed by atoms with Gasteiger partial charge in [-0.25, -0.2) is 14.0 Å². The van der Waals surface area contributed by atoms with Gasteiger partial charge in [-0.05, 0) is 48.7 Å². The molecule has 2 aromatic carbocycles. The normalized spacial score (nSPS) is 19.2. The van der Waals surface area contributed by atoms with Crippen LogP contribution in [0.1, 0.15) is 22.7 Å². The van der Waals surface area contributed by atoms with E-state index in [0.717, 1.165) is 26.2 Å². The van der Waals surface area contributed by atoms with E-state index in [2.05, 4.69) is 52.5 Å². The molecule has 0 radical (unpaired) electrons. The molecule has 2 aliphatic rings. The lowest BCUT2D eigenvalue weighted by Crippen LogP contribution is -2.51. The van der Waals surface area contributed by atoms with E-state index in [1.807, 2.05) is 0 Å². The molecule has 2 heterocycles. The van der Waals surface area contributed by atoms with Gasteiger partial charge in [-0.3, -0.25) is 4.90 Å². The van der Waals surface area contributed by atoms with Crippen molar-refractivity contribution in [1.29, 1.82) is 0 Å². The summed E-state index contributed by atoms with van der Waals surface area (Å²) in [6.07, 6.45) is 0. The molecule has 8 heteroatoms. The van der Waals surface area contributed by atoms with Crippen molar-refractivity contribution in [2.45, 2.75) is 19.9 Å². The second-order valence-electron chi connectivity index (χ2n) is 8.52. The first-order valence-electron chi connectivity index (χ1n) is 11.0. The number of carbonyl (C=O) groups excluding carboxylic acids is 2. The fourth-order valence-corrected chi connectivity index (χ4v) is 4.43. The number of aryl methyl sites for hydroxylation is 2. The predicted octanol–water partition coefficient (Wildman–Crippen LogP) is 3.05. The van der Waals surface area contributed by atoms with Crippen LogP contribution >= 0.6 is 0 Å². The third-order valence-corrected chi connectivity index (χ3v) is 6.22. The topological polar surface area (TPSA) is 73.9 Å². The lowest BCUT2D eigenvalue weighted by Gasteiger charge is -2.38. The van der Waals surface area contributed by atoms with E-state index in [0.29, 0.717) is 23.4 Å². The molecule has 0 aliphatic carbocycles. The molecule has 1 atom stereocenters. The number of amides is 2. The molecule has 0 unspecified atom stereocenters. The molecule has 33 heavy (non-hydrogen) atoms. The summed E-state index contributed by atoms with van der Waals surface area (Å²) in [6, 6.07) is 11.1. The summed E-state index contributed by atoms with van der Waals surface area (Å²) < 4.78 is 18.5. The van der Waals surface area contributed by atoms with Crippen molar-refractivity contribution in [2.24, 2.45) is 0 Å². The minimum absolute atomic E-state index is 0.334. The highest BCUT2D eigenvalue weighted by Gasteiger charge is 2.34. The number of urea groups is 1. The van der Waals surface area contributed by atoms with Crippen LogP contribution in [0.3, 0.4) is 0 Å². The molecule has 4 rings (SSSR count). The van der Waals surface area contributed by atoms with Crippen LogP contribution in [0.4, 0.5) is 14.9 Å². The SMILES string of the molecule is COC(=O)C1=C(CN2CCN(c3cc(C)ccc3C)CC2)NC(=O)N[C@@H]1c1ccc(F)cc1. The van der Waals surface area contributed by atoms with Gasteiger partial charge in [0.1, 0.15) is 5.82 Å². The van der Waals surface area contributed by atoms with Crippen molar-refractivity contribution < 1.29 is 18.7 Å². The number of piperazine rings is 1. The van der Waals surface area contributed by atoms with Crippen LogP contribution in [-0.4, -0.2) is 56.7 Å². The van der Waals surface area contributed by atoms with Crippen LogP contribution in [0.2, 0.25) is 0 Å². The Labute approximate surface area is 193 Å². The average molecular weight is 453 g/mol. The summed E-state index contributed by atoms with van der Waals surface area (Å²) in [6.45, 7) is 7.89. The number of hydrogen-bond acceptors (Lipinski definition) is 5. The monoisotopic (exact) mass is 452 g/mol. The Morgan fingerprint density at radius 3 is 2.45 bits per heavy atom. The van der Waals surface area contributed by atoms with E-state index >= 15 is 0 Å². The second-order valence-corrected chi connectivity index (χ2v) is 8.52. The maximum atomic E-state index is 13.4. The Hall–Kier alpha value is -3.39. The number of ether oxygens (including phenoxy) is 1. The zero-order valence-corrected chi connectivity index (χ0v) is 19.2. The van der Waals surface area contributed by atoms with Gasteiger partial charge in [-0.15, -0.1) is 0 Å². The standard InChI is InChI=1S/C25H29FN4O3/c1-16-4-5-17(2)21(14-16)30-12-10-29(11-13-30)15-20-22(24(31)33-3)23(28-25(32)27-20)18-6-8-19(26)9-7-18/h4-9,14,23H,10-13,15H2,1-3H3,(H2,27,28,32)/t23-/m1/s1. The van der Waals surface area contributed by atoms with Gasteiger partial charge in [0, 0.05) is 44.1 Å². The minimum Gasteiger partial charge on any atom is -0.466 e. The van der Waals surface area contributed by atoms with Gasteiger partial charge in [0.15, 0.2) is 0 Å². The van der Waals surface area contributed by atoms with E-state index in [9.17, 15) is 14.0 Å². The molecule has 1 saturated heterocycles. The van der Waals surface area contributed by atoms with Gasteiger partial charge in [-0.2, -0.15) is 0 Å². The highest BCUT2D eigenvalue weighted by atomic mass is 19.1. The third kappa shape index (κ3) is 5.01. The van der Waals surface area contributed by atoms with Gasteiger partial charge in [-0.1, -0.05) is 24.3 Å². The maximum absolute atomic E-state index is 13.4. The minimum atomic E-state index is -0.710. The van der Waals surface area contributed by atoms with Gasteiger partial charge >= 0.3 is 12.0 Å². The van der Waals surface area contributed by atoms with Crippen molar-refractivity contribution >= 4 is 17.7 Å². The highest BCUT2D eigenvalue weighted by molar-refractivity contribution is 5.95. The smallest absolute Gasteiger partial charge is 0.338 e. The van der Waals surface area contributed by atoms with E-state index < -0.39 is 18.0 Å². The molecule has 1 fully saturated rings. The van der Waals surface area contributed by atoms with Gasteiger partial charge < -0.3 is 20.3 Å². The molecule has 2 amide bonds. The van der Waals surface area contributed by atoms with Crippen LogP contribution in [0.15, 0.2) is 53.7 Å². The molecule has 0 spiro atoms. The first-order valence-corrected chi connectivity index (χ1v) is 11.0. The first kappa shape index (κ1) is 22.8. The lowest BCUT2D eigenvalue weighted by atomic mass is 9.95. The number of benzene rings is 2. The van der Waals surface area contributed by atoms with Gasteiger partial charge in [0.05, 0.1) is 18.7 Å². The number of anilines is 1. The molecular formula is C25H29FN4O3. The summed E-state index contributed by atoms with van der Waals surface area (Å²) in [5, 5.41) is 5.57. The molecule has 174 valence electrons. The number of nitrogens with zero attached hydrogens (tertiary/aromatic N) is 2. The van der Waals surface area contributed by atoms with Crippen molar-refractivity contribution in [2.75, 3.05) is 44.7 Å². The zero-order valence-electron chi connectivity index (χ0n) is 19.2. The van der Waals surface area contributed by atoms with E-state index in [1.54, 1.807) is 12.1 Å². The Morgan fingerprint density at radius 1 is 1.09 bits per heavy atom. The quantitative estimate of drug-likeness (QED) is 0.683. The highest BCUT2D eigenvalue weighted by Crippen LogP contribution is 2.29. The summed E-state index contributed by atoms with van der Waals surface area (Å²) in [5.74, 6) is -0.912. The Morgan fingerprint density at radius 2 is 1.79 bits per heavy atom. The molecule has 2 aliphatic heterocycles. The predicted molar refractivity (Wildman–Crippen MR) is 124 cm³/mol. The fraction of sp³-hybridized carbons (Fsp3) is 0.360. The number of nitrogens with one attached hydrogen (secondary N) is 2. The van der Waals surface area contributed by atoms with E-state index in [1.165, 1.54) is 36.1 Å². The molecule has 0 bridgehead atoms. The van der Waals surface area contributed by atoms with Crippen LogP contribution in [0.5, 0.6) is 0 Å². The second kappa shape index (κ2) is 9.62. The summed E-state index contributed by atoms with van der Waals surface area (Å²) in [4.78, 5) is 29.7. The first-order chi connectivity index (χ1) is 15.9. The zero-order chi connectivity index (χ0) is 23.5. The number of halogens is 1. The van der Waals surface area contributed by atoms with Gasteiger partial charge in [0.2, 0.25) is 0 Å². The van der Waals surface area contributed by atoms with Crippen molar-refractivity contribution in [3.63, 3.8) is 0 Å². The maximum Gasteiger partial charge on any atom is 0.338 e. The number of rotatable bonds is 5. The van der Waals surface area contributed by atoms with Crippen molar-refractivity contribution in [3.8, 4) is 0 Å². The summed E-state index contributed by atoms with van der Waals surface area (Å²) in [5.41, 5.74) is 5.19. The summed E-state index contributed by atoms with van der Waals surface area (Å²) >= 11 is 0. The number of methoxy groups -OCH3 is 1. The van der Waals surface area contributed by atoms with Crippen LogP contribution in [0, 0.1) is 19.7 Å². The average Bonchev–Trinajstić information content (AvgIpc) is 2.81. The fourth-order valence-electron chi connectivity index (χ4n) is 4.43. The third-order valence-electron chi connectivity index (χ3n) is 6.22. The molecular weight excluding hydrogens is 423 g/mol. The van der Waals surface area contributed by atoms with E-state index in [4.69, 9.17) is 4.74 Å². The largest absolute Gasteiger partial charge is 0.466 e. The number of hydrogen-bond donors (Lipinski definition) is 2. The van der Waals surface area contributed by atoms with Crippen LogP contribution in [0.25, 0.3) is 0 Å². The number of esters is 1. The lowest BCUT2D eigenvalue weighted by molar-refractivity contribution is -0.136. The molecule has 0 aromatic heterocycles. The summed E-state index contributed by atoms with van der Waals surface area (Å²) in [7, 11) is 1.31. The van der Waals surface area contributed by atoms with Gasteiger partial charge in [0.25, 0.3) is 0 Å². The molecule has 0 saturated carbocycles. The molecule has 7 nitrogen and oxygen atoms in total. The van der Waals surface area contributed by atoms with Crippen LogP contribution < -0.4 is 15.5 Å². The van der Waals surface area contributed by atoms with Crippen molar-refractivity contribution in [3.05, 3.63) is 76.2 Å².